The molecule has 1 fully saturated rings. The predicted molar refractivity (Wildman–Crippen MR) is 95.0 cm³/mol. The number of rotatable bonds is 6. The molecule has 0 radical (unpaired) electrons. The van der Waals surface area contributed by atoms with Crippen LogP contribution in [0.2, 0.25) is 0 Å². The fourth-order valence-corrected chi connectivity index (χ4v) is 4.32. The molecule has 156 valence electrons. The van der Waals surface area contributed by atoms with Crippen LogP contribution in [0.25, 0.3) is 0 Å². The summed E-state index contributed by atoms with van der Waals surface area (Å²) in [7, 11) is -4.73. The SMILES string of the molecule is O=NS(=O)(=O)c1cc(O)n(OC(=O)C2CCC(CC3C(=O)C=CC3=O)CC2)c1O. The van der Waals surface area contributed by atoms with Crippen molar-refractivity contribution in [1.82, 2.24) is 4.73 Å². The Morgan fingerprint density at radius 1 is 1.14 bits per heavy atom. The molecule has 1 aromatic rings. The standard InChI is InChI=1S/C17H18N2O9S/c20-12-5-6-13(21)11(12)7-9-1-3-10(4-2-9)17(24)28-19-15(22)8-14(16(19)23)29(26,27)18-25/h5-6,8-11,22-23H,1-4,7H2. The Morgan fingerprint density at radius 3 is 2.28 bits per heavy atom. The molecule has 0 aromatic carbocycles. The average Bonchev–Trinajstić information content (AvgIpc) is 3.16. The lowest BCUT2D eigenvalue weighted by molar-refractivity contribution is -0.152. The Balaban J connectivity index is 1.60. The van der Waals surface area contributed by atoms with Crippen molar-refractivity contribution < 1.29 is 37.9 Å². The van der Waals surface area contributed by atoms with Crippen molar-refractivity contribution in [3.63, 3.8) is 0 Å². The molecule has 0 unspecified atom stereocenters. The lowest BCUT2D eigenvalue weighted by Crippen LogP contribution is -2.31. The van der Waals surface area contributed by atoms with Crippen LogP contribution >= 0.6 is 0 Å². The highest BCUT2D eigenvalue weighted by Crippen LogP contribution is 2.36. The highest BCUT2D eigenvalue weighted by atomic mass is 32.2. The van der Waals surface area contributed by atoms with Crippen molar-refractivity contribution >= 4 is 27.6 Å². The molecule has 2 N–H and O–H groups in total. The fraction of sp³-hybridized carbons (Fsp3) is 0.471. The van der Waals surface area contributed by atoms with E-state index in [1.165, 1.54) is 12.2 Å². The van der Waals surface area contributed by atoms with Gasteiger partial charge in [-0.05, 0) is 50.2 Å². The maximum Gasteiger partial charge on any atom is 0.336 e. The predicted octanol–water partition coefficient (Wildman–Crippen LogP) is 0.830. The summed E-state index contributed by atoms with van der Waals surface area (Å²) < 4.78 is 25.0. The van der Waals surface area contributed by atoms with Crippen LogP contribution in [-0.2, 0) is 24.4 Å². The minimum atomic E-state index is -4.73. The molecule has 2 aliphatic rings. The van der Waals surface area contributed by atoms with Crippen molar-refractivity contribution in [1.29, 1.82) is 0 Å². The van der Waals surface area contributed by atoms with Gasteiger partial charge in [-0.2, -0.15) is 8.42 Å². The van der Waals surface area contributed by atoms with Gasteiger partial charge < -0.3 is 15.1 Å². The highest BCUT2D eigenvalue weighted by molar-refractivity contribution is 7.90. The summed E-state index contributed by atoms with van der Waals surface area (Å²) in [6.45, 7) is 0. The number of nitrogens with zero attached hydrogens (tertiary/aromatic N) is 2. The van der Waals surface area contributed by atoms with Gasteiger partial charge in [0.1, 0.15) is 0 Å². The van der Waals surface area contributed by atoms with E-state index in [0.29, 0.717) is 38.2 Å². The number of carbonyl (C=O) groups is 3. The maximum atomic E-state index is 12.3. The number of hydrogen-bond donors (Lipinski definition) is 2. The van der Waals surface area contributed by atoms with Gasteiger partial charge in [-0.15, -0.1) is 9.64 Å². The van der Waals surface area contributed by atoms with Gasteiger partial charge in [0.2, 0.25) is 5.88 Å². The van der Waals surface area contributed by atoms with Gasteiger partial charge in [0.15, 0.2) is 16.5 Å². The molecular weight excluding hydrogens is 408 g/mol. The third-order valence-corrected chi connectivity index (χ3v) is 6.34. The number of carbonyl (C=O) groups excluding carboxylic acids is 3. The van der Waals surface area contributed by atoms with Crippen LogP contribution in [0.3, 0.4) is 0 Å². The molecule has 1 heterocycles. The van der Waals surface area contributed by atoms with Crippen LogP contribution in [0.1, 0.15) is 32.1 Å². The fourth-order valence-electron chi connectivity index (χ4n) is 3.67. The maximum absolute atomic E-state index is 12.3. The molecule has 0 atom stereocenters. The summed E-state index contributed by atoms with van der Waals surface area (Å²) in [5.74, 6) is -4.37. The number of hydrogen-bond acceptors (Lipinski definition) is 9. The van der Waals surface area contributed by atoms with Gasteiger partial charge in [-0.25, -0.2) is 4.79 Å². The van der Waals surface area contributed by atoms with Crippen LogP contribution in [0.4, 0.5) is 0 Å². The van der Waals surface area contributed by atoms with E-state index in [2.05, 4.69) is 0 Å². The van der Waals surface area contributed by atoms with E-state index in [1.54, 1.807) is 0 Å². The van der Waals surface area contributed by atoms with Gasteiger partial charge in [-0.1, -0.05) is 0 Å². The first-order valence-electron chi connectivity index (χ1n) is 8.85. The Bertz CT molecular complexity index is 982. The van der Waals surface area contributed by atoms with E-state index >= 15 is 0 Å². The lowest BCUT2D eigenvalue weighted by Gasteiger charge is -2.28. The molecular formula is C17H18N2O9S. The largest absolute Gasteiger partial charge is 0.492 e. The molecule has 0 amide bonds. The Kier molecular flexibility index (Phi) is 5.55. The lowest BCUT2D eigenvalue weighted by atomic mass is 9.77. The second-order valence-electron chi connectivity index (χ2n) is 7.09. The first kappa shape index (κ1) is 20.7. The topological polar surface area (TPSA) is 169 Å². The van der Waals surface area contributed by atoms with Crippen molar-refractivity contribution in [2.24, 2.45) is 22.3 Å². The third kappa shape index (κ3) is 4.06. The number of aromatic hydroxyl groups is 2. The Morgan fingerprint density at radius 2 is 1.72 bits per heavy atom. The van der Waals surface area contributed by atoms with Crippen molar-refractivity contribution in [2.75, 3.05) is 0 Å². The number of ketones is 2. The van der Waals surface area contributed by atoms with E-state index in [-0.39, 0.29) is 22.2 Å². The quantitative estimate of drug-likeness (QED) is 0.494. The minimum absolute atomic E-state index is 0.0978. The second kappa shape index (κ2) is 7.78. The van der Waals surface area contributed by atoms with Crippen molar-refractivity contribution in [3.8, 4) is 11.8 Å². The first-order chi connectivity index (χ1) is 13.6. The summed E-state index contributed by atoms with van der Waals surface area (Å²) in [5, 5.41) is 19.6. The van der Waals surface area contributed by atoms with Crippen LogP contribution in [0, 0.1) is 22.7 Å². The molecule has 0 bridgehead atoms. The summed E-state index contributed by atoms with van der Waals surface area (Å²) in [4.78, 5) is 50.0. The summed E-state index contributed by atoms with van der Waals surface area (Å²) in [6, 6.07) is 0.542. The molecule has 12 heteroatoms. The number of allylic oxidation sites excluding steroid dienone is 2. The van der Waals surface area contributed by atoms with Crippen LogP contribution in [0.5, 0.6) is 11.8 Å². The molecule has 29 heavy (non-hydrogen) atoms. The highest BCUT2D eigenvalue weighted by Gasteiger charge is 2.35. The van der Waals surface area contributed by atoms with E-state index in [1.807, 2.05) is 4.58 Å². The van der Waals surface area contributed by atoms with Gasteiger partial charge in [0.25, 0.3) is 5.88 Å². The van der Waals surface area contributed by atoms with Crippen LogP contribution in [-0.4, -0.2) is 40.9 Å². The van der Waals surface area contributed by atoms with E-state index in [9.17, 15) is 37.9 Å². The summed E-state index contributed by atoms with van der Waals surface area (Å²) >= 11 is 0. The average molecular weight is 426 g/mol. The van der Waals surface area contributed by atoms with Gasteiger partial charge >= 0.3 is 16.0 Å². The first-order valence-corrected chi connectivity index (χ1v) is 10.3. The Labute approximate surface area is 164 Å². The van der Waals surface area contributed by atoms with Crippen molar-refractivity contribution in [2.45, 2.75) is 37.0 Å². The van der Waals surface area contributed by atoms with E-state index in [0.717, 1.165) is 0 Å². The van der Waals surface area contributed by atoms with E-state index in [4.69, 9.17) is 4.84 Å². The van der Waals surface area contributed by atoms with Gasteiger partial charge in [0, 0.05) is 6.07 Å². The normalized spacial score (nSPS) is 22.8. The number of aromatic nitrogens is 1. The van der Waals surface area contributed by atoms with E-state index < -0.39 is 44.5 Å². The van der Waals surface area contributed by atoms with Crippen molar-refractivity contribution in [3.05, 3.63) is 23.1 Å². The number of nitroso groups, excluding NO2 is 1. The zero-order chi connectivity index (χ0) is 21.3. The number of sulfonamides is 1. The molecule has 1 aromatic heterocycles. The monoisotopic (exact) mass is 426 g/mol. The van der Waals surface area contributed by atoms with Crippen LogP contribution in [0.15, 0.2) is 27.7 Å². The molecule has 0 aliphatic heterocycles. The zero-order valence-corrected chi connectivity index (χ0v) is 15.9. The second-order valence-corrected chi connectivity index (χ2v) is 8.63. The third-order valence-electron chi connectivity index (χ3n) is 5.29. The van der Waals surface area contributed by atoms with Crippen LogP contribution < -0.4 is 4.84 Å². The molecule has 3 rings (SSSR count). The molecule has 11 nitrogen and oxygen atoms in total. The smallest absolute Gasteiger partial charge is 0.336 e. The zero-order valence-electron chi connectivity index (χ0n) is 15.1. The molecule has 1 saturated carbocycles. The molecule has 2 aliphatic carbocycles. The molecule has 0 saturated heterocycles. The minimum Gasteiger partial charge on any atom is -0.492 e. The summed E-state index contributed by atoms with van der Waals surface area (Å²) in [5.41, 5.74) is 0. The van der Waals surface area contributed by atoms with Gasteiger partial charge in [-0.3, -0.25) is 9.59 Å². The molecule has 0 spiro atoms. The summed E-state index contributed by atoms with van der Waals surface area (Å²) in [6.07, 6.45) is 4.93. The van der Waals surface area contributed by atoms with Gasteiger partial charge in [0.05, 0.1) is 16.4 Å². The Hall–Kier alpha value is -3.02.